The van der Waals surface area contributed by atoms with Gasteiger partial charge in [0, 0.05) is 18.4 Å². The van der Waals surface area contributed by atoms with Crippen LogP contribution in [0.3, 0.4) is 0 Å². The van der Waals surface area contributed by atoms with Gasteiger partial charge in [-0.15, -0.1) is 0 Å². The molecule has 2 unspecified atom stereocenters. The number of nitrogens with two attached hydrogens (primary N) is 1. The lowest BCUT2D eigenvalue weighted by molar-refractivity contribution is -0.212. The summed E-state index contributed by atoms with van der Waals surface area (Å²) in [6.07, 6.45) is -8.60. The Hall–Kier alpha value is -5.24. The van der Waals surface area contributed by atoms with Gasteiger partial charge < -0.3 is 32.1 Å². The standard InChI is InChI=1S/C35H38F3N5O6/c1-21(30(46)41-26(16-17-28(39)44)29(45)35(36,37)38)40-32(48)27(20-22-8-4-2-5-9-22)42-33(49)34(18-19-34)43-31(47)25-14-12-24(13-15-25)23-10-6-3-7-11-23/h2-15,21,26-27,29,45H,16-20H2,1H3,(H2,39,44)(H,40,48)(H,41,46)(H,42,49)(H,43,47)/t21-,26?,27-,29?/m0/s1. The van der Waals surface area contributed by atoms with Crippen molar-refractivity contribution in [2.75, 3.05) is 0 Å². The van der Waals surface area contributed by atoms with E-state index in [2.05, 4.69) is 16.0 Å². The third-order valence-electron chi connectivity index (χ3n) is 8.19. The molecule has 0 spiro atoms. The Morgan fingerprint density at radius 2 is 1.39 bits per heavy atom. The van der Waals surface area contributed by atoms with Crippen molar-refractivity contribution in [2.24, 2.45) is 5.73 Å². The number of benzene rings is 3. The van der Waals surface area contributed by atoms with Crippen LogP contribution >= 0.6 is 0 Å². The number of alkyl halides is 3. The van der Waals surface area contributed by atoms with E-state index in [-0.39, 0.29) is 6.42 Å². The predicted octanol–water partition coefficient (Wildman–Crippen LogP) is 2.52. The molecule has 1 saturated carbocycles. The number of primary amides is 1. The molecule has 4 rings (SSSR count). The molecule has 0 bridgehead atoms. The summed E-state index contributed by atoms with van der Waals surface area (Å²) in [7, 11) is 0. The van der Waals surface area contributed by atoms with Crippen molar-refractivity contribution >= 4 is 29.5 Å². The highest BCUT2D eigenvalue weighted by Crippen LogP contribution is 2.36. The van der Waals surface area contributed by atoms with Crippen molar-refractivity contribution in [3.8, 4) is 11.1 Å². The molecule has 11 nitrogen and oxygen atoms in total. The summed E-state index contributed by atoms with van der Waals surface area (Å²) in [6.45, 7) is 1.21. The molecule has 5 amide bonds. The average molecular weight is 682 g/mol. The molecular formula is C35H38F3N5O6. The first-order chi connectivity index (χ1) is 23.2. The number of hydrogen-bond donors (Lipinski definition) is 6. The molecule has 4 atom stereocenters. The van der Waals surface area contributed by atoms with Crippen LogP contribution in [0.25, 0.3) is 11.1 Å². The van der Waals surface area contributed by atoms with Crippen molar-refractivity contribution in [3.05, 3.63) is 96.1 Å². The second kappa shape index (κ2) is 15.8. The Bertz CT molecular complexity index is 1630. The van der Waals surface area contributed by atoms with Crippen LogP contribution < -0.4 is 27.0 Å². The smallest absolute Gasteiger partial charge is 0.382 e. The molecule has 3 aromatic rings. The number of aliphatic hydroxyl groups excluding tert-OH is 1. The quantitative estimate of drug-likeness (QED) is 0.144. The van der Waals surface area contributed by atoms with Gasteiger partial charge in [-0.3, -0.25) is 24.0 Å². The van der Waals surface area contributed by atoms with E-state index in [0.29, 0.717) is 24.0 Å². The topological polar surface area (TPSA) is 180 Å². The van der Waals surface area contributed by atoms with Crippen molar-refractivity contribution in [1.29, 1.82) is 0 Å². The Balaban J connectivity index is 1.43. The number of amides is 5. The molecular weight excluding hydrogens is 643 g/mol. The van der Waals surface area contributed by atoms with Crippen LogP contribution in [0.2, 0.25) is 0 Å². The lowest BCUT2D eigenvalue weighted by atomic mass is 10.0. The Labute approximate surface area is 280 Å². The van der Waals surface area contributed by atoms with Crippen molar-refractivity contribution in [1.82, 2.24) is 21.3 Å². The molecule has 3 aromatic carbocycles. The number of rotatable bonds is 15. The van der Waals surface area contributed by atoms with Crippen molar-refractivity contribution < 1.29 is 42.3 Å². The van der Waals surface area contributed by atoms with Gasteiger partial charge in [0.25, 0.3) is 5.91 Å². The fourth-order valence-electron chi connectivity index (χ4n) is 5.15. The van der Waals surface area contributed by atoms with Gasteiger partial charge in [-0.05, 0) is 55.0 Å². The van der Waals surface area contributed by atoms with Crippen LogP contribution in [0.5, 0.6) is 0 Å². The maximum absolute atomic E-state index is 13.5. The number of nitrogens with one attached hydrogen (secondary N) is 4. The summed E-state index contributed by atoms with van der Waals surface area (Å²) in [5.41, 5.74) is 6.64. The minimum Gasteiger partial charge on any atom is -0.382 e. The molecule has 0 heterocycles. The molecule has 0 aliphatic heterocycles. The first kappa shape index (κ1) is 36.6. The third kappa shape index (κ3) is 10.1. The van der Waals surface area contributed by atoms with Crippen molar-refractivity contribution in [3.63, 3.8) is 0 Å². The summed E-state index contributed by atoms with van der Waals surface area (Å²) in [5, 5.41) is 19.6. The average Bonchev–Trinajstić information content (AvgIpc) is 3.86. The highest BCUT2D eigenvalue weighted by molar-refractivity contribution is 6.02. The number of aliphatic hydroxyl groups is 1. The van der Waals surface area contributed by atoms with E-state index in [9.17, 15) is 42.3 Å². The molecule has 49 heavy (non-hydrogen) atoms. The third-order valence-corrected chi connectivity index (χ3v) is 8.19. The van der Waals surface area contributed by atoms with E-state index in [1.54, 1.807) is 54.6 Å². The lowest BCUT2D eigenvalue weighted by Gasteiger charge is -2.28. The van der Waals surface area contributed by atoms with E-state index < -0.39 is 78.3 Å². The van der Waals surface area contributed by atoms with Gasteiger partial charge in [-0.25, -0.2) is 0 Å². The Kier molecular flexibility index (Phi) is 11.8. The van der Waals surface area contributed by atoms with E-state index in [1.165, 1.54) is 6.92 Å². The maximum atomic E-state index is 13.5. The van der Waals surface area contributed by atoms with Crippen LogP contribution in [0.15, 0.2) is 84.9 Å². The van der Waals surface area contributed by atoms with Gasteiger partial charge in [0.2, 0.25) is 23.6 Å². The van der Waals surface area contributed by atoms with Crippen LogP contribution in [0.4, 0.5) is 13.2 Å². The zero-order valence-corrected chi connectivity index (χ0v) is 26.6. The fraction of sp³-hybridized carbons (Fsp3) is 0.343. The molecule has 0 saturated heterocycles. The van der Waals surface area contributed by atoms with E-state index in [1.807, 2.05) is 35.6 Å². The predicted molar refractivity (Wildman–Crippen MR) is 173 cm³/mol. The van der Waals surface area contributed by atoms with E-state index >= 15 is 0 Å². The fourth-order valence-corrected chi connectivity index (χ4v) is 5.15. The Morgan fingerprint density at radius 1 is 0.816 bits per heavy atom. The number of carbonyl (C=O) groups is 5. The number of hydrogen-bond acceptors (Lipinski definition) is 6. The number of carbonyl (C=O) groups excluding carboxylic acids is 5. The highest BCUT2D eigenvalue weighted by atomic mass is 19.4. The van der Waals surface area contributed by atoms with Crippen LogP contribution in [0, 0.1) is 0 Å². The van der Waals surface area contributed by atoms with E-state index in [0.717, 1.165) is 11.1 Å². The van der Waals surface area contributed by atoms with Gasteiger partial charge in [0.05, 0.1) is 6.04 Å². The second-order valence-corrected chi connectivity index (χ2v) is 12.0. The zero-order chi connectivity index (χ0) is 35.8. The summed E-state index contributed by atoms with van der Waals surface area (Å²) >= 11 is 0. The maximum Gasteiger partial charge on any atom is 0.416 e. The monoisotopic (exact) mass is 681 g/mol. The SMILES string of the molecule is C[C@H](NC(=O)[C@H](Cc1ccccc1)NC(=O)C1(NC(=O)c2ccc(-c3ccccc3)cc2)CC1)C(=O)NC(CCC(N)=O)C(O)C(F)(F)F. The highest BCUT2D eigenvalue weighted by Gasteiger charge is 2.52. The van der Waals surface area contributed by atoms with Crippen LogP contribution in [0.1, 0.15) is 48.5 Å². The molecule has 1 aliphatic rings. The van der Waals surface area contributed by atoms with Gasteiger partial charge in [-0.1, -0.05) is 72.8 Å². The molecule has 0 aromatic heterocycles. The lowest BCUT2D eigenvalue weighted by Crippen LogP contribution is -2.59. The molecule has 1 aliphatic carbocycles. The number of halogens is 3. The summed E-state index contributed by atoms with van der Waals surface area (Å²) in [4.78, 5) is 64.1. The summed E-state index contributed by atoms with van der Waals surface area (Å²) in [5.74, 6) is -3.91. The minimum atomic E-state index is -5.10. The van der Waals surface area contributed by atoms with Crippen molar-refractivity contribution in [2.45, 2.75) is 75.0 Å². The normalized spacial score (nSPS) is 15.9. The molecule has 14 heteroatoms. The molecule has 0 radical (unpaired) electrons. The first-order valence-corrected chi connectivity index (χ1v) is 15.7. The minimum absolute atomic E-state index is 0.00818. The zero-order valence-electron chi connectivity index (χ0n) is 26.6. The van der Waals surface area contributed by atoms with Crippen LogP contribution in [-0.4, -0.2) is 70.6 Å². The first-order valence-electron chi connectivity index (χ1n) is 15.7. The second-order valence-electron chi connectivity index (χ2n) is 12.0. The molecule has 7 N–H and O–H groups in total. The molecule has 260 valence electrons. The van der Waals surface area contributed by atoms with Gasteiger partial charge >= 0.3 is 6.18 Å². The summed E-state index contributed by atoms with van der Waals surface area (Å²) in [6, 6.07) is 20.6. The van der Waals surface area contributed by atoms with Gasteiger partial charge in [-0.2, -0.15) is 13.2 Å². The van der Waals surface area contributed by atoms with Gasteiger partial charge in [0.1, 0.15) is 17.6 Å². The Morgan fingerprint density at radius 3 is 1.94 bits per heavy atom. The van der Waals surface area contributed by atoms with Gasteiger partial charge in [0.15, 0.2) is 6.10 Å². The van der Waals surface area contributed by atoms with Crippen LogP contribution in [-0.2, 0) is 25.6 Å². The summed E-state index contributed by atoms with van der Waals surface area (Å²) < 4.78 is 39.7. The van der Waals surface area contributed by atoms with E-state index in [4.69, 9.17) is 5.73 Å². The molecule has 1 fully saturated rings. The largest absolute Gasteiger partial charge is 0.416 e.